The summed E-state index contributed by atoms with van der Waals surface area (Å²) in [5, 5.41) is 8.52. The topological polar surface area (TPSA) is 118 Å². The molecular weight excluding hydrogens is 388 g/mol. The summed E-state index contributed by atoms with van der Waals surface area (Å²) in [4.78, 5) is 28.6. The van der Waals surface area contributed by atoms with Gasteiger partial charge in [0, 0.05) is 23.7 Å². The Labute approximate surface area is 167 Å². The number of carbonyl (C=O) groups excluding carboxylic acids is 2. The molecule has 0 saturated heterocycles. The van der Waals surface area contributed by atoms with Gasteiger partial charge in [0.1, 0.15) is 12.5 Å². The second-order valence-electron chi connectivity index (χ2n) is 5.98. The maximum atomic E-state index is 12.3. The van der Waals surface area contributed by atoms with Gasteiger partial charge < -0.3 is 20.0 Å². The van der Waals surface area contributed by atoms with E-state index < -0.39 is 17.3 Å². The SMILES string of the molecule is CO/N=C(/C(N)=O)C(C)(CCOc1ccn(-c2ccc(Cl)cc2)n1)C(=O)OC. The monoisotopic (exact) mass is 408 g/mol. The van der Waals surface area contributed by atoms with Crippen molar-refractivity contribution in [2.24, 2.45) is 16.3 Å². The van der Waals surface area contributed by atoms with Gasteiger partial charge in [0.25, 0.3) is 5.91 Å². The number of methoxy groups -OCH3 is 1. The van der Waals surface area contributed by atoms with Crippen LogP contribution in [0.2, 0.25) is 5.02 Å². The summed E-state index contributed by atoms with van der Waals surface area (Å²) in [5.74, 6) is -1.23. The lowest BCUT2D eigenvalue weighted by atomic mass is 9.81. The summed E-state index contributed by atoms with van der Waals surface area (Å²) < 4.78 is 12.0. The molecule has 1 amide bonds. The van der Waals surface area contributed by atoms with Crippen molar-refractivity contribution in [2.45, 2.75) is 13.3 Å². The third-order valence-corrected chi connectivity index (χ3v) is 4.33. The number of rotatable bonds is 9. The van der Waals surface area contributed by atoms with Crippen LogP contribution in [0.5, 0.6) is 5.88 Å². The molecule has 0 bridgehead atoms. The van der Waals surface area contributed by atoms with Crippen LogP contribution < -0.4 is 10.5 Å². The molecule has 0 spiro atoms. The highest BCUT2D eigenvalue weighted by atomic mass is 35.5. The Hall–Kier alpha value is -3.07. The average molecular weight is 409 g/mol. The Morgan fingerprint density at radius 2 is 1.93 bits per heavy atom. The smallest absolute Gasteiger partial charge is 0.318 e. The zero-order valence-electron chi connectivity index (χ0n) is 15.7. The number of nitrogens with two attached hydrogens (primary N) is 1. The van der Waals surface area contributed by atoms with Gasteiger partial charge in [-0.2, -0.15) is 0 Å². The zero-order chi connectivity index (χ0) is 20.7. The van der Waals surface area contributed by atoms with E-state index in [1.807, 2.05) is 12.1 Å². The molecule has 10 heteroatoms. The molecule has 0 aliphatic carbocycles. The lowest BCUT2D eigenvalue weighted by Gasteiger charge is -2.25. The minimum Gasteiger partial charge on any atom is -0.477 e. The summed E-state index contributed by atoms with van der Waals surface area (Å²) in [5.41, 5.74) is 4.46. The third-order valence-electron chi connectivity index (χ3n) is 4.08. The second-order valence-corrected chi connectivity index (χ2v) is 6.42. The number of ether oxygens (including phenoxy) is 2. The van der Waals surface area contributed by atoms with Gasteiger partial charge in [0.2, 0.25) is 5.88 Å². The second kappa shape index (κ2) is 9.23. The van der Waals surface area contributed by atoms with Gasteiger partial charge in [0.05, 0.1) is 19.4 Å². The number of carbonyl (C=O) groups is 2. The molecule has 1 heterocycles. The predicted octanol–water partition coefficient (Wildman–Crippen LogP) is 1.96. The van der Waals surface area contributed by atoms with E-state index >= 15 is 0 Å². The van der Waals surface area contributed by atoms with Gasteiger partial charge in [-0.25, -0.2) is 4.68 Å². The molecule has 0 radical (unpaired) electrons. The highest BCUT2D eigenvalue weighted by molar-refractivity contribution is 6.43. The molecule has 1 unspecified atom stereocenters. The van der Waals surface area contributed by atoms with Crippen LogP contribution in [0, 0.1) is 5.41 Å². The molecule has 0 aliphatic heterocycles. The van der Waals surface area contributed by atoms with Crippen molar-refractivity contribution in [3.8, 4) is 11.6 Å². The summed E-state index contributed by atoms with van der Waals surface area (Å²) in [6.45, 7) is 1.54. The molecule has 2 aromatic rings. The largest absolute Gasteiger partial charge is 0.477 e. The number of primary amides is 1. The Morgan fingerprint density at radius 1 is 1.25 bits per heavy atom. The first kappa shape index (κ1) is 21.2. The molecule has 150 valence electrons. The van der Waals surface area contributed by atoms with Crippen LogP contribution in [0.4, 0.5) is 0 Å². The number of aromatic nitrogens is 2. The summed E-state index contributed by atoms with van der Waals surface area (Å²) >= 11 is 5.88. The average Bonchev–Trinajstić information content (AvgIpc) is 3.14. The van der Waals surface area contributed by atoms with Crippen LogP contribution in [0.1, 0.15) is 13.3 Å². The first-order valence-corrected chi connectivity index (χ1v) is 8.64. The van der Waals surface area contributed by atoms with Crippen molar-refractivity contribution < 1.29 is 23.9 Å². The van der Waals surface area contributed by atoms with Crippen LogP contribution in [-0.2, 0) is 19.2 Å². The van der Waals surface area contributed by atoms with Gasteiger partial charge in [-0.05, 0) is 31.2 Å². The van der Waals surface area contributed by atoms with Crippen molar-refractivity contribution in [1.82, 2.24) is 9.78 Å². The highest BCUT2D eigenvalue weighted by Crippen LogP contribution is 2.26. The van der Waals surface area contributed by atoms with Crippen LogP contribution >= 0.6 is 11.6 Å². The van der Waals surface area contributed by atoms with Crippen LogP contribution in [-0.4, -0.2) is 48.2 Å². The molecule has 2 N–H and O–H groups in total. The molecule has 0 fully saturated rings. The Bertz CT molecular complexity index is 865. The summed E-state index contributed by atoms with van der Waals surface area (Å²) in [6, 6.07) is 8.80. The van der Waals surface area contributed by atoms with E-state index in [-0.39, 0.29) is 18.7 Å². The fraction of sp³-hybridized carbons (Fsp3) is 0.333. The van der Waals surface area contributed by atoms with E-state index in [4.69, 9.17) is 26.8 Å². The predicted molar refractivity (Wildman–Crippen MR) is 102 cm³/mol. The Kier molecular flexibility index (Phi) is 7.00. The third kappa shape index (κ3) is 4.80. The highest BCUT2D eigenvalue weighted by Gasteiger charge is 2.43. The van der Waals surface area contributed by atoms with Gasteiger partial charge in [0.15, 0.2) is 5.71 Å². The number of hydrogen-bond acceptors (Lipinski definition) is 7. The van der Waals surface area contributed by atoms with Gasteiger partial charge in [-0.3, -0.25) is 9.59 Å². The Balaban J connectivity index is 2.10. The lowest BCUT2D eigenvalue weighted by Crippen LogP contribution is -2.45. The van der Waals surface area contributed by atoms with Crippen molar-refractivity contribution in [3.05, 3.63) is 41.6 Å². The van der Waals surface area contributed by atoms with Crippen molar-refractivity contribution in [2.75, 3.05) is 20.8 Å². The van der Waals surface area contributed by atoms with Crippen LogP contribution in [0.15, 0.2) is 41.7 Å². The molecule has 1 atom stereocenters. The lowest BCUT2D eigenvalue weighted by molar-refractivity contribution is -0.149. The van der Waals surface area contributed by atoms with Crippen molar-refractivity contribution in [3.63, 3.8) is 0 Å². The van der Waals surface area contributed by atoms with Crippen LogP contribution in [0.25, 0.3) is 5.69 Å². The molecule has 1 aromatic heterocycles. The van der Waals surface area contributed by atoms with E-state index in [0.717, 1.165) is 5.69 Å². The van der Waals surface area contributed by atoms with Gasteiger partial charge in [-0.15, -0.1) is 5.10 Å². The molecule has 0 saturated carbocycles. The first-order chi connectivity index (χ1) is 13.3. The Morgan fingerprint density at radius 3 is 2.50 bits per heavy atom. The molecule has 28 heavy (non-hydrogen) atoms. The fourth-order valence-electron chi connectivity index (χ4n) is 2.53. The van der Waals surface area contributed by atoms with Gasteiger partial charge >= 0.3 is 5.97 Å². The minimum absolute atomic E-state index is 0.0548. The normalized spacial score (nSPS) is 13.5. The van der Waals surface area contributed by atoms with E-state index in [1.54, 1.807) is 29.1 Å². The quantitative estimate of drug-likeness (QED) is 0.385. The number of hydrogen-bond donors (Lipinski definition) is 1. The number of amides is 1. The number of halogens is 1. The maximum Gasteiger partial charge on any atom is 0.318 e. The number of esters is 1. The van der Waals surface area contributed by atoms with E-state index in [2.05, 4.69) is 15.1 Å². The summed E-state index contributed by atoms with van der Waals surface area (Å²) in [6.07, 6.45) is 1.79. The number of oxime groups is 1. The summed E-state index contributed by atoms with van der Waals surface area (Å²) in [7, 11) is 2.46. The zero-order valence-corrected chi connectivity index (χ0v) is 16.5. The molecular formula is C18H21ClN4O5. The van der Waals surface area contributed by atoms with E-state index in [0.29, 0.717) is 10.9 Å². The van der Waals surface area contributed by atoms with Gasteiger partial charge in [-0.1, -0.05) is 16.8 Å². The fourth-order valence-corrected chi connectivity index (χ4v) is 2.66. The first-order valence-electron chi connectivity index (χ1n) is 8.26. The van der Waals surface area contributed by atoms with E-state index in [9.17, 15) is 9.59 Å². The standard InChI is InChI=1S/C18H21ClN4O5/c1-18(17(25)26-2,15(16(20)24)22-27-3)9-11-28-14-8-10-23(21-14)13-6-4-12(19)5-7-13/h4-8,10H,9,11H2,1-3H3,(H2,20,24)/b22-15-. The van der Waals surface area contributed by atoms with Crippen molar-refractivity contribution in [1.29, 1.82) is 0 Å². The molecule has 0 aliphatic rings. The van der Waals surface area contributed by atoms with Crippen LogP contribution in [0.3, 0.4) is 0 Å². The minimum atomic E-state index is -1.44. The number of nitrogens with zero attached hydrogens (tertiary/aromatic N) is 3. The van der Waals surface area contributed by atoms with Crippen molar-refractivity contribution >= 4 is 29.2 Å². The molecule has 9 nitrogen and oxygen atoms in total. The molecule has 2 rings (SSSR count). The van der Waals surface area contributed by atoms with E-state index in [1.165, 1.54) is 21.1 Å². The molecule has 1 aromatic carbocycles. The number of benzene rings is 1. The maximum absolute atomic E-state index is 12.3.